The maximum Gasteiger partial charge on any atom is 0.278 e. The highest BCUT2D eigenvalue weighted by atomic mass is 32.2. The first kappa shape index (κ1) is 19.1. The number of carbonyl (C=O) groups is 1. The van der Waals surface area contributed by atoms with E-state index in [1.165, 1.54) is 10.6 Å². The fraction of sp³-hybridized carbons (Fsp3) is 0.278. The molecule has 2 aromatic heterocycles. The highest BCUT2D eigenvalue weighted by Crippen LogP contribution is 2.18. The van der Waals surface area contributed by atoms with E-state index in [2.05, 4.69) is 15.3 Å². The Kier molecular flexibility index (Phi) is 5.59. The van der Waals surface area contributed by atoms with Crippen LogP contribution in [0.3, 0.4) is 0 Å². The fourth-order valence-corrected chi connectivity index (χ4v) is 3.53. The number of thioether (sulfide) groups is 1. The third-order valence-electron chi connectivity index (χ3n) is 3.98. The van der Waals surface area contributed by atoms with E-state index in [0.717, 1.165) is 29.6 Å². The molecule has 0 saturated carbocycles. The zero-order chi connectivity index (χ0) is 19.6. The molecule has 0 fully saturated rings. The number of aromatic nitrogens is 3. The number of aryl methyl sites for hydroxylation is 1. The van der Waals surface area contributed by atoms with Gasteiger partial charge in [0.2, 0.25) is 5.91 Å². The number of benzene rings is 1. The normalized spacial score (nSPS) is 11.1. The smallest absolute Gasteiger partial charge is 0.278 e. The zero-order valence-electron chi connectivity index (χ0n) is 14.8. The number of carbonyl (C=O) groups excluding carboxylic acids is 1. The first-order chi connectivity index (χ1) is 12.9. The molecular weight excluding hydrogens is 374 g/mol. The Labute approximate surface area is 158 Å². The van der Waals surface area contributed by atoms with Crippen LogP contribution >= 0.6 is 11.8 Å². The second-order valence-corrected chi connectivity index (χ2v) is 6.90. The predicted octanol–water partition coefficient (Wildman–Crippen LogP) is 2.74. The van der Waals surface area contributed by atoms with E-state index in [4.69, 9.17) is 0 Å². The topological polar surface area (TPSA) is 79.8 Å². The molecule has 27 heavy (non-hydrogen) atoms. The van der Waals surface area contributed by atoms with Crippen molar-refractivity contribution in [3.8, 4) is 0 Å². The van der Waals surface area contributed by atoms with Crippen molar-refractivity contribution in [3.63, 3.8) is 0 Å². The number of H-pyrrole nitrogens is 1. The average molecular weight is 392 g/mol. The molecule has 3 rings (SSSR count). The van der Waals surface area contributed by atoms with Crippen molar-refractivity contribution in [2.24, 2.45) is 0 Å². The summed E-state index contributed by atoms with van der Waals surface area (Å²) in [7, 11) is 0. The van der Waals surface area contributed by atoms with Crippen LogP contribution in [-0.4, -0.2) is 26.2 Å². The molecule has 0 atom stereocenters. The number of rotatable bonds is 6. The van der Waals surface area contributed by atoms with Gasteiger partial charge in [0.1, 0.15) is 17.2 Å². The Balaban J connectivity index is 1.68. The van der Waals surface area contributed by atoms with Gasteiger partial charge in [-0.15, -0.1) is 0 Å². The summed E-state index contributed by atoms with van der Waals surface area (Å²) in [5.41, 5.74) is 1.83. The van der Waals surface area contributed by atoms with E-state index in [9.17, 15) is 18.4 Å². The summed E-state index contributed by atoms with van der Waals surface area (Å²) in [5, 5.41) is 3.02. The van der Waals surface area contributed by atoms with Gasteiger partial charge in [0.05, 0.1) is 11.3 Å². The molecule has 0 aliphatic carbocycles. The lowest BCUT2D eigenvalue weighted by Gasteiger charge is -2.10. The molecule has 0 saturated heterocycles. The van der Waals surface area contributed by atoms with E-state index in [-0.39, 0.29) is 29.3 Å². The third-order valence-corrected chi connectivity index (χ3v) is 4.95. The Hall–Kier alpha value is -2.68. The molecule has 0 unspecified atom stereocenters. The maximum absolute atomic E-state index is 13.6. The third kappa shape index (κ3) is 4.19. The van der Waals surface area contributed by atoms with Crippen molar-refractivity contribution in [1.29, 1.82) is 0 Å². The number of fused-ring (bicyclic) bond motifs is 1. The Bertz CT molecular complexity index is 1060. The second-order valence-electron chi connectivity index (χ2n) is 5.96. The van der Waals surface area contributed by atoms with Crippen LogP contribution in [0.1, 0.15) is 18.2 Å². The minimum absolute atomic E-state index is 0.0180. The van der Waals surface area contributed by atoms with Crippen molar-refractivity contribution in [1.82, 2.24) is 19.9 Å². The van der Waals surface area contributed by atoms with Gasteiger partial charge >= 0.3 is 0 Å². The number of hydrogen-bond donors (Lipinski definition) is 2. The van der Waals surface area contributed by atoms with Crippen molar-refractivity contribution < 1.29 is 13.6 Å². The van der Waals surface area contributed by atoms with Crippen molar-refractivity contribution in [2.75, 3.05) is 5.75 Å². The second kappa shape index (κ2) is 7.91. The molecule has 9 heteroatoms. The van der Waals surface area contributed by atoms with Gasteiger partial charge < -0.3 is 10.3 Å². The number of hydrogen-bond acceptors (Lipinski definition) is 4. The van der Waals surface area contributed by atoms with Crippen LogP contribution in [0.5, 0.6) is 0 Å². The quantitative estimate of drug-likeness (QED) is 0.499. The van der Waals surface area contributed by atoms with Crippen LogP contribution in [0.4, 0.5) is 8.78 Å². The molecule has 6 nitrogen and oxygen atoms in total. The molecule has 1 amide bonds. The van der Waals surface area contributed by atoms with Gasteiger partial charge in [-0.25, -0.2) is 13.8 Å². The molecule has 142 valence electrons. The number of halogens is 2. The summed E-state index contributed by atoms with van der Waals surface area (Å²) in [6.45, 7) is 4.04. The summed E-state index contributed by atoms with van der Waals surface area (Å²) in [5.74, 6) is -1.70. The molecule has 0 radical (unpaired) electrons. The SMILES string of the molecule is CCn1c(SCC(=O)NCc2ccc(F)cc2F)nc2cc(C)[nH]c2c1=O. The van der Waals surface area contributed by atoms with Crippen molar-refractivity contribution in [3.05, 3.63) is 57.5 Å². The molecule has 0 aliphatic rings. The minimum atomic E-state index is -0.710. The van der Waals surface area contributed by atoms with E-state index in [1.54, 1.807) is 6.07 Å². The van der Waals surface area contributed by atoms with Gasteiger partial charge in [-0.1, -0.05) is 17.8 Å². The van der Waals surface area contributed by atoms with Crippen molar-refractivity contribution in [2.45, 2.75) is 32.1 Å². The van der Waals surface area contributed by atoms with Crippen LogP contribution in [-0.2, 0) is 17.9 Å². The van der Waals surface area contributed by atoms with Crippen molar-refractivity contribution >= 4 is 28.7 Å². The van der Waals surface area contributed by atoms with Gasteiger partial charge in [0, 0.05) is 30.4 Å². The monoisotopic (exact) mass is 392 g/mol. The lowest BCUT2D eigenvalue weighted by Crippen LogP contribution is -2.26. The largest absolute Gasteiger partial charge is 0.353 e. The Morgan fingerprint density at radius 2 is 2.11 bits per heavy atom. The number of nitrogens with one attached hydrogen (secondary N) is 2. The van der Waals surface area contributed by atoms with E-state index in [1.807, 2.05) is 13.8 Å². The lowest BCUT2D eigenvalue weighted by molar-refractivity contribution is -0.118. The standard InChI is InChI=1S/C18H18F2N4O2S/c1-3-24-17(26)16-14(6-10(2)22-16)23-18(24)27-9-15(25)21-8-11-4-5-12(19)7-13(11)20/h4-7,22H,3,8-9H2,1-2H3,(H,21,25). The first-order valence-corrected chi connectivity index (χ1v) is 9.31. The summed E-state index contributed by atoms with van der Waals surface area (Å²) in [4.78, 5) is 32.0. The molecule has 0 aliphatic heterocycles. The highest BCUT2D eigenvalue weighted by Gasteiger charge is 2.14. The molecular formula is C18H18F2N4O2S. The van der Waals surface area contributed by atoms with E-state index < -0.39 is 11.6 Å². The zero-order valence-corrected chi connectivity index (χ0v) is 15.6. The number of amides is 1. The number of aromatic amines is 1. The van der Waals surface area contributed by atoms with Gasteiger partial charge in [-0.2, -0.15) is 0 Å². The van der Waals surface area contributed by atoms with Crippen LogP contribution in [0, 0.1) is 18.6 Å². The predicted molar refractivity (Wildman–Crippen MR) is 99.7 cm³/mol. The molecule has 0 spiro atoms. The Morgan fingerprint density at radius 1 is 1.33 bits per heavy atom. The van der Waals surface area contributed by atoms with E-state index in [0.29, 0.717) is 22.7 Å². The van der Waals surface area contributed by atoms with Crippen LogP contribution in [0.25, 0.3) is 11.0 Å². The number of nitrogens with zero attached hydrogens (tertiary/aromatic N) is 2. The van der Waals surface area contributed by atoms with Gasteiger partial charge in [-0.3, -0.25) is 14.2 Å². The molecule has 2 N–H and O–H groups in total. The summed E-state index contributed by atoms with van der Waals surface area (Å²) in [6, 6.07) is 4.97. The molecule has 0 bridgehead atoms. The van der Waals surface area contributed by atoms with E-state index >= 15 is 0 Å². The van der Waals surface area contributed by atoms with Gasteiger partial charge in [0.25, 0.3) is 5.56 Å². The molecule has 1 aromatic carbocycles. The summed E-state index contributed by atoms with van der Waals surface area (Å²) < 4.78 is 28.0. The summed E-state index contributed by atoms with van der Waals surface area (Å²) >= 11 is 1.13. The average Bonchev–Trinajstić information content (AvgIpc) is 3.00. The van der Waals surface area contributed by atoms with Crippen LogP contribution in [0.15, 0.2) is 34.2 Å². The minimum Gasteiger partial charge on any atom is -0.353 e. The maximum atomic E-state index is 13.6. The first-order valence-electron chi connectivity index (χ1n) is 8.32. The highest BCUT2D eigenvalue weighted by molar-refractivity contribution is 7.99. The molecule has 3 aromatic rings. The van der Waals surface area contributed by atoms with Crippen LogP contribution < -0.4 is 10.9 Å². The molecule has 2 heterocycles. The fourth-order valence-electron chi connectivity index (χ4n) is 2.64. The van der Waals surface area contributed by atoms with Gasteiger partial charge in [0.15, 0.2) is 5.16 Å². The summed E-state index contributed by atoms with van der Waals surface area (Å²) in [6.07, 6.45) is 0. The van der Waals surface area contributed by atoms with Gasteiger partial charge in [-0.05, 0) is 26.0 Å². The lowest BCUT2D eigenvalue weighted by atomic mass is 10.2. The van der Waals surface area contributed by atoms with Crippen LogP contribution in [0.2, 0.25) is 0 Å². The Morgan fingerprint density at radius 3 is 2.81 bits per heavy atom.